The second-order valence-corrected chi connectivity index (χ2v) is 13.0. The molecule has 1 aromatic rings. The van der Waals surface area contributed by atoms with Gasteiger partial charge in [0, 0.05) is 0 Å². The fraction of sp³-hybridized carbons (Fsp3) is 0.700. The molecule has 0 aromatic carbocycles. The summed E-state index contributed by atoms with van der Waals surface area (Å²) >= 11 is 0. The highest BCUT2D eigenvalue weighted by Gasteiger charge is 2.37. The Morgan fingerprint density at radius 2 is 1.79 bits per heavy atom. The van der Waals surface area contributed by atoms with Crippen molar-refractivity contribution in [1.82, 2.24) is 0 Å². The zero-order valence-corrected chi connectivity index (χ0v) is 17.6. The van der Waals surface area contributed by atoms with Crippen LogP contribution in [0.15, 0.2) is 22.6 Å². The molecule has 1 rings (SSSR count). The second-order valence-electron chi connectivity index (χ2n) is 8.23. The number of hydrogen-bond donors (Lipinski definition) is 1. The van der Waals surface area contributed by atoms with Crippen molar-refractivity contribution in [1.29, 1.82) is 0 Å². The summed E-state index contributed by atoms with van der Waals surface area (Å²) in [6, 6.07) is 3.97. The van der Waals surface area contributed by atoms with E-state index in [2.05, 4.69) is 39.9 Å². The van der Waals surface area contributed by atoms with E-state index in [9.17, 15) is 5.11 Å². The third-order valence-corrected chi connectivity index (χ3v) is 9.92. The van der Waals surface area contributed by atoms with Crippen LogP contribution in [0.3, 0.4) is 0 Å². The van der Waals surface area contributed by atoms with Gasteiger partial charge in [-0.3, -0.25) is 0 Å². The van der Waals surface area contributed by atoms with E-state index >= 15 is 0 Å². The fourth-order valence-corrected chi connectivity index (χ4v) is 3.12. The van der Waals surface area contributed by atoms with Crippen LogP contribution >= 0.6 is 0 Å². The van der Waals surface area contributed by atoms with Crippen molar-refractivity contribution in [3.8, 4) is 0 Å². The highest BCUT2D eigenvalue weighted by molar-refractivity contribution is 6.74. The third kappa shape index (κ3) is 6.23. The summed E-state index contributed by atoms with van der Waals surface area (Å²) in [5.74, 6) is 1.72. The van der Waals surface area contributed by atoms with E-state index < -0.39 is 13.9 Å². The van der Waals surface area contributed by atoms with Gasteiger partial charge >= 0.3 is 0 Å². The molecule has 0 fully saturated rings. The lowest BCUT2D eigenvalue weighted by molar-refractivity contribution is 0.0246. The standard InChI is InChI=1S/C20H36O3Si/c1-8-20(21,9-2)15-11-10-12-17-13-14-18(23-17)16-22-24(6,7)19(3,4)5/h10,12-14,21H,8-9,11,15-16H2,1-7H3/b12-10+. The number of hydrogen-bond acceptors (Lipinski definition) is 3. The van der Waals surface area contributed by atoms with Gasteiger partial charge in [-0.25, -0.2) is 0 Å². The number of furan rings is 1. The van der Waals surface area contributed by atoms with E-state index in [0.717, 1.165) is 37.2 Å². The van der Waals surface area contributed by atoms with Gasteiger partial charge in [0.2, 0.25) is 0 Å². The minimum absolute atomic E-state index is 0.206. The van der Waals surface area contributed by atoms with Gasteiger partial charge in [0.25, 0.3) is 0 Å². The van der Waals surface area contributed by atoms with Crippen molar-refractivity contribution in [2.45, 2.75) is 90.6 Å². The van der Waals surface area contributed by atoms with Crippen LogP contribution in [0.4, 0.5) is 0 Å². The molecule has 4 heteroatoms. The highest BCUT2D eigenvalue weighted by Crippen LogP contribution is 2.37. The number of rotatable bonds is 9. The Morgan fingerprint density at radius 1 is 1.17 bits per heavy atom. The Labute approximate surface area is 149 Å². The molecule has 1 aromatic heterocycles. The number of allylic oxidation sites excluding steroid dienone is 1. The first kappa shape index (κ1) is 21.2. The van der Waals surface area contributed by atoms with E-state index in [1.165, 1.54) is 0 Å². The van der Waals surface area contributed by atoms with Gasteiger partial charge < -0.3 is 13.9 Å². The molecule has 0 spiro atoms. The summed E-state index contributed by atoms with van der Waals surface area (Å²) in [5.41, 5.74) is -0.532. The molecule has 0 saturated carbocycles. The van der Waals surface area contributed by atoms with E-state index in [1.54, 1.807) is 0 Å². The molecule has 0 unspecified atom stereocenters. The maximum atomic E-state index is 10.3. The first-order valence-electron chi connectivity index (χ1n) is 9.14. The van der Waals surface area contributed by atoms with Crippen LogP contribution in [0.1, 0.15) is 71.8 Å². The van der Waals surface area contributed by atoms with E-state index in [4.69, 9.17) is 8.84 Å². The normalized spacial score (nSPS) is 13.8. The molecule has 1 N–H and O–H groups in total. The summed E-state index contributed by atoms with van der Waals surface area (Å²) < 4.78 is 12.0. The van der Waals surface area contributed by atoms with Crippen molar-refractivity contribution < 1.29 is 13.9 Å². The third-order valence-electron chi connectivity index (χ3n) is 5.44. The maximum absolute atomic E-state index is 10.3. The van der Waals surface area contributed by atoms with Crippen LogP contribution in [0.5, 0.6) is 0 Å². The van der Waals surface area contributed by atoms with Gasteiger partial charge in [-0.15, -0.1) is 0 Å². The Kier molecular flexibility index (Phi) is 7.51. The van der Waals surface area contributed by atoms with Crippen LogP contribution < -0.4 is 0 Å². The SMILES string of the molecule is CCC(O)(CC)CC/C=C/c1ccc(CO[Si](C)(C)C(C)(C)C)o1. The predicted molar refractivity (Wildman–Crippen MR) is 104 cm³/mol. The summed E-state index contributed by atoms with van der Waals surface area (Å²) in [5, 5.41) is 10.5. The quantitative estimate of drug-likeness (QED) is 0.542. The molecule has 3 nitrogen and oxygen atoms in total. The van der Waals surface area contributed by atoms with E-state index in [1.807, 2.05) is 32.1 Å². The first-order chi connectivity index (χ1) is 11.0. The van der Waals surface area contributed by atoms with Gasteiger partial charge in [0.15, 0.2) is 8.32 Å². The fourth-order valence-electron chi connectivity index (χ4n) is 2.18. The average molecular weight is 353 g/mol. The minimum atomic E-state index is -1.74. The summed E-state index contributed by atoms with van der Waals surface area (Å²) in [6.07, 6.45) is 7.31. The van der Waals surface area contributed by atoms with E-state index in [0.29, 0.717) is 6.61 Å². The molecular weight excluding hydrogens is 316 g/mol. The molecule has 0 atom stereocenters. The van der Waals surface area contributed by atoms with Gasteiger partial charge in [-0.1, -0.05) is 40.7 Å². The van der Waals surface area contributed by atoms with Gasteiger partial charge in [0.1, 0.15) is 11.5 Å². The Balaban J connectivity index is 2.51. The second kappa shape index (κ2) is 8.50. The molecule has 0 amide bonds. The molecule has 138 valence electrons. The van der Waals surface area contributed by atoms with Crippen molar-refractivity contribution in [3.63, 3.8) is 0 Å². The van der Waals surface area contributed by atoms with Gasteiger partial charge in [-0.05, 0) is 62.0 Å². The van der Waals surface area contributed by atoms with Crippen molar-refractivity contribution in [3.05, 3.63) is 29.7 Å². The lowest BCUT2D eigenvalue weighted by Gasteiger charge is -2.35. The molecule has 0 radical (unpaired) electrons. The topological polar surface area (TPSA) is 42.6 Å². The summed E-state index contributed by atoms with van der Waals surface area (Å²) in [7, 11) is -1.74. The molecule has 0 bridgehead atoms. The van der Waals surface area contributed by atoms with E-state index in [-0.39, 0.29) is 5.04 Å². The van der Waals surface area contributed by atoms with Crippen LogP contribution in [0.25, 0.3) is 6.08 Å². The first-order valence-corrected chi connectivity index (χ1v) is 12.1. The zero-order valence-electron chi connectivity index (χ0n) is 16.6. The van der Waals surface area contributed by atoms with Crippen LogP contribution in [0.2, 0.25) is 18.1 Å². The zero-order chi connectivity index (χ0) is 18.4. The molecule has 24 heavy (non-hydrogen) atoms. The van der Waals surface area contributed by atoms with Crippen molar-refractivity contribution >= 4 is 14.4 Å². The Morgan fingerprint density at radius 3 is 2.33 bits per heavy atom. The largest absolute Gasteiger partial charge is 0.459 e. The van der Waals surface area contributed by atoms with Crippen molar-refractivity contribution in [2.24, 2.45) is 0 Å². The minimum Gasteiger partial charge on any atom is -0.459 e. The molecule has 0 aliphatic carbocycles. The van der Waals surface area contributed by atoms with Gasteiger partial charge in [-0.2, -0.15) is 0 Å². The lowest BCUT2D eigenvalue weighted by atomic mass is 9.92. The van der Waals surface area contributed by atoms with Gasteiger partial charge in [0.05, 0.1) is 12.2 Å². The lowest BCUT2D eigenvalue weighted by Crippen LogP contribution is -2.40. The predicted octanol–water partition coefficient (Wildman–Crippen LogP) is 6.15. The van der Waals surface area contributed by atoms with Crippen LogP contribution in [-0.2, 0) is 11.0 Å². The number of aliphatic hydroxyl groups is 1. The Hall–Kier alpha value is -0.843. The Bertz CT molecular complexity index is 519. The molecule has 0 saturated heterocycles. The maximum Gasteiger partial charge on any atom is 0.192 e. The molecule has 1 heterocycles. The summed E-state index contributed by atoms with van der Waals surface area (Å²) in [4.78, 5) is 0. The monoisotopic (exact) mass is 352 g/mol. The van der Waals surface area contributed by atoms with Crippen LogP contribution in [0, 0.1) is 0 Å². The smallest absolute Gasteiger partial charge is 0.192 e. The molecular formula is C20H36O3Si. The average Bonchev–Trinajstić information content (AvgIpc) is 2.96. The highest BCUT2D eigenvalue weighted by atomic mass is 28.4. The molecule has 0 aliphatic heterocycles. The summed E-state index contributed by atoms with van der Waals surface area (Å²) in [6.45, 7) is 15.8. The van der Waals surface area contributed by atoms with Crippen molar-refractivity contribution in [2.75, 3.05) is 0 Å². The van der Waals surface area contributed by atoms with Crippen LogP contribution in [-0.4, -0.2) is 19.0 Å². The molecule has 0 aliphatic rings.